The molecule has 1 unspecified atom stereocenters. The van der Waals surface area contributed by atoms with E-state index in [2.05, 4.69) is 12.2 Å². The smallest absolute Gasteiger partial charge is 0.135 e. The Morgan fingerprint density at radius 1 is 1.20 bits per heavy atom. The van der Waals surface area contributed by atoms with E-state index in [4.69, 9.17) is 4.74 Å². The van der Waals surface area contributed by atoms with Gasteiger partial charge in [-0.2, -0.15) is 0 Å². The zero-order valence-electron chi connectivity index (χ0n) is 5.53. The van der Waals surface area contributed by atoms with Gasteiger partial charge >= 0.3 is 0 Å². The predicted octanol–water partition coefficient (Wildman–Crippen LogP) is 1.95. The topological polar surface area (TPSA) is 9.23 Å². The van der Waals surface area contributed by atoms with Crippen LogP contribution in [-0.2, 0) is 4.74 Å². The molecule has 0 saturated carbocycles. The molecule has 50 valence electrons. The maximum Gasteiger partial charge on any atom is 0.135 e. The molecule has 0 aromatic heterocycles. The quantitative estimate of drug-likeness (QED) is 0.489. The third-order valence-corrected chi connectivity index (χ3v) is 1.55. The second-order valence-corrected chi connectivity index (χ2v) is 2.31. The van der Waals surface area contributed by atoms with E-state index in [0.717, 1.165) is 0 Å². The average molecular weight is 132 g/mol. The molecule has 10 heavy (non-hydrogen) atoms. The van der Waals surface area contributed by atoms with Gasteiger partial charge < -0.3 is 4.74 Å². The first kappa shape index (κ1) is 5.54. The summed E-state index contributed by atoms with van der Waals surface area (Å²) in [5.74, 6) is 0. The molecular weight excluding hydrogens is 124 g/mol. The summed E-state index contributed by atoms with van der Waals surface area (Å²) in [6, 6.07) is 0. The SMILES string of the molecule is C1=CC2=CC(C=C1)OC=C2. The fourth-order valence-electron chi connectivity index (χ4n) is 1.05. The van der Waals surface area contributed by atoms with Crippen molar-refractivity contribution in [1.29, 1.82) is 0 Å². The van der Waals surface area contributed by atoms with Gasteiger partial charge in [0.2, 0.25) is 0 Å². The lowest BCUT2D eigenvalue weighted by Crippen LogP contribution is -2.04. The number of hydrogen-bond donors (Lipinski definition) is 0. The van der Waals surface area contributed by atoms with E-state index in [0.29, 0.717) is 0 Å². The third kappa shape index (κ3) is 0.903. The van der Waals surface area contributed by atoms with Gasteiger partial charge in [0.15, 0.2) is 0 Å². The highest BCUT2D eigenvalue weighted by Gasteiger charge is 2.05. The second-order valence-electron chi connectivity index (χ2n) is 2.31. The lowest BCUT2D eigenvalue weighted by molar-refractivity contribution is 0.223. The Labute approximate surface area is 60.0 Å². The van der Waals surface area contributed by atoms with Crippen LogP contribution < -0.4 is 0 Å². The van der Waals surface area contributed by atoms with Crippen LogP contribution >= 0.6 is 0 Å². The zero-order valence-corrected chi connectivity index (χ0v) is 5.53. The molecule has 0 aromatic carbocycles. The molecule has 1 aliphatic heterocycles. The van der Waals surface area contributed by atoms with Crippen LogP contribution in [0.25, 0.3) is 0 Å². The van der Waals surface area contributed by atoms with Crippen LogP contribution in [0.2, 0.25) is 0 Å². The van der Waals surface area contributed by atoms with Crippen molar-refractivity contribution in [3.8, 4) is 0 Å². The minimum atomic E-state index is 0.148. The fraction of sp³-hybridized carbons (Fsp3) is 0.111. The number of rotatable bonds is 0. The number of allylic oxidation sites excluding steroid dienone is 5. The largest absolute Gasteiger partial charge is 0.490 e. The summed E-state index contributed by atoms with van der Waals surface area (Å²) in [6.45, 7) is 0. The van der Waals surface area contributed by atoms with Gasteiger partial charge in [-0.1, -0.05) is 18.2 Å². The van der Waals surface area contributed by atoms with Crippen molar-refractivity contribution in [3.05, 3.63) is 48.3 Å². The summed E-state index contributed by atoms with van der Waals surface area (Å²) >= 11 is 0. The predicted molar refractivity (Wildman–Crippen MR) is 40.4 cm³/mol. The molecule has 2 bridgehead atoms. The van der Waals surface area contributed by atoms with Gasteiger partial charge in [0.05, 0.1) is 6.26 Å². The number of ether oxygens (including phenoxy) is 1. The van der Waals surface area contributed by atoms with E-state index in [1.165, 1.54) is 5.57 Å². The van der Waals surface area contributed by atoms with E-state index in [1.807, 2.05) is 24.3 Å². The lowest BCUT2D eigenvalue weighted by atomic mass is 10.2. The molecule has 1 heterocycles. The number of hydrogen-bond acceptors (Lipinski definition) is 1. The van der Waals surface area contributed by atoms with Crippen molar-refractivity contribution < 1.29 is 4.74 Å². The van der Waals surface area contributed by atoms with Crippen LogP contribution in [-0.4, -0.2) is 6.10 Å². The van der Waals surface area contributed by atoms with Crippen LogP contribution in [0, 0.1) is 0 Å². The van der Waals surface area contributed by atoms with E-state index >= 15 is 0 Å². The molecule has 2 rings (SSSR count). The summed E-state index contributed by atoms with van der Waals surface area (Å²) in [6.07, 6.45) is 14.0. The van der Waals surface area contributed by atoms with Crippen molar-refractivity contribution in [2.45, 2.75) is 6.10 Å². The van der Waals surface area contributed by atoms with Crippen LogP contribution in [0.5, 0.6) is 0 Å². The molecule has 0 N–H and O–H groups in total. The molecular formula is C9H8O. The Hall–Kier alpha value is -1.24. The highest BCUT2D eigenvalue weighted by molar-refractivity contribution is 5.38. The molecule has 0 aromatic rings. The third-order valence-electron chi connectivity index (χ3n) is 1.55. The average Bonchev–Trinajstić information content (AvgIpc) is 2.12. The molecule has 0 fully saturated rings. The van der Waals surface area contributed by atoms with Gasteiger partial charge in [-0.3, -0.25) is 0 Å². The maximum absolute atomic E-state index is 5.24. The highest BCUT2D eigenvalue weighted by atomic mass is 16.5. The molecule has 0 spiro atoms. The highest BCUT2D eigenvalue weighted by Crippen LogP contribution is 2.14. The van der Waals surface area contributed by atoms with Crippen molar-refractivity contribution >= 4 is 0 Å². The molecule has 2 aliphatic rings. The monoisotopic (exact) mass is 132 g/mol. The molecule has 1 nitrogen and oxygen atoms in total. The Balaban J connectivity index is 2.37. The van der Waals surface area contributed by atoms with E-state index in [1.54, 1.807) is 6.26 Å². The Kier molecular flexibility index (Phi) is 1.21. The first-order valence-corrected chi connectivity index (χ1v) is 3.34. The molecule has 1 atom stereocenters. The van der Waals surface area contributed by atoms with Gasteiger partial charge in [0.1, 0.15) is 6.10 Å². The minimum absolute atomic E-state index is 0.148. The Bertz CT molecular complexity index is 243. The summed E-state index contributed by atoms with van der Waals surface area (Å²) in [5.41, 5.74) is 1.22. The zero-order chi connectivity index (χ0) is 6.81. The minimum Gasteiger partial charge on any atom is -0.490 e. The molecule has 1 heteroatoms. The van der Waals surface area contributed by atoms with E-state index in [9.17, 15) is 0 Å². The van der Waals surface area contributed by atoms with Gasteiger partial charge in [0, 0.05) is 0 Å². The molecule has 1 aliphatic carbocycles. The normalized spacial score (nSPS) is 27.2. The summed E-state index contributed by atoms with van der Waals surface area (Å²) in [5, 5.41) is 0. The van der Waals surface area contributed by atoms with Gasteiger partial charge in [0.25, 0.3) is 0 Å². The van der Waals surface area contributed by atoms with Crippen molar-refractivity contribution in [2.75, 3.05) is 0 Å². The van der Waals surface area contributed by atoms with E-state index < -0.39 is 0 Å². The van der Waals surface area contributed by atoms with E-state index in [-0.39, 0.29) is 6.10 Å². The van der Waals surface area contributed by atoms with Crippen LogP contribution in [0.1, 0.15) is 0 Å². The van der Waals surface area contributed by atoms with Gasteiger partial charge in [-0.25, -0.2) is 0 Å². The van der Waals surface area contributed by atoms with Crippen molar-refractivity contribution in [2.24, 2.45) is 0 Å². The van der Waals surface area contributed by atoms with Crippen molar-refractivity contribution in [1.82, 2.24) is 0 Å². The fourth-order valence-corrected chi connectivity index (χ4v) is 1.05. The standard InChI is InChI=1S/C9H8O/c1-2-4-9-7-8(3-1)5-6-10-9/h1-7,9H. The molecule has 0 saturated heterocycles. The second kappa shape index (κ2) is 2.18. The van der Waals surface area contributed by atoms with Crippen LogP contribution in [0.3, 0.4) is 0 Å². The summed E-state index contributed by atoms with van der Waals surface area (Å²) < 4.78 is 5.24. The van der Waals surface area contributed by atoms with Crippen LogP contribution in [0.4, 0.5) is 0 Å². The van der Waals surface area contributed by atoms with Gasteiger partial charge in [-0.15, -0.1) is 0 Å². The lowest BCUT2D eigenvalue weighted by Gasteiger charge is -2.11. The van der Waals surface area contributed by atoms with Gasteiger partial charge in [-0.05, 0) is 23.8 Å². The number of fused-ring (bicyclic) bond motifs is 1. The Morgan fingerprint density at radius 2 is 2.20 bits per heavy atom. The molecule has 0 amide bonds. The first-order valence-electron chi connectivity index (χ1n) is 3.34. The first-order chi connectivity index (χ1) is 4.95. The van der Waals surface area contributed by atoms with Crippen LogP contribution in [0.15, 0.2) is 48.3 Å². The summed E-state index contributed by atoms with van der Waals surface area (Å²) in [7, 11) is 0. The van der Waals surface area contributed by atoms with Crippen molar-refractivity contribution in [3.63, 3.8) is 0 Å². The summed E-state index contributed by atoms with van der Waals surface area (Å²) in [4.78, 5) is 0. The Morgan fingerprint density at radius 3 is 3.20 bits per heavy atom. The molecule has 0 radical (unpaired) electrons. The maximum atomic E-state index is 5.24.